The average molecular weight is 375 g/mol. The lowest BCUT2D eigenvalue weighted by Crippen LogP contribution is -2.35. The molecule has 7 heteroatoms. The van der Waals surface area contributed by atoms with Crippen molar-refractivity contribution in [3.05, 3.63) is 46.0 Å². The van der Waals surface area contributed by atoms with E-state index in [4.69, 9.17) is 34.8 Å². The molecule has 0 atom stereocenters. The fraction of sp³-hybridized carbons (Fsp3) is 0.375. The summed E-state index contributed by atoms with van der Waals surface area (Å²) >= 11 is 17.9. The van der Waals surface area contributed by atoms with Gasteiger partial charge in [0.05, 0.1) is 12.0 Å². The Morgan fingerprint density at radius 1 is 1.22 bits per heavy atom. The summed E-state index contributed by atoms with van der Waals surface area (Å²) in [5.41, 5.74) is 3.07. The molecular weight excluding hydrogens is 357 g/mol. The van der Waals surface area contributed by atoms with Crippen molar-refractivity contribution in [1.82, 2.24) is 9.55 Å². The molecule has 1 amide bonds. The number of amides is 1. The summed E-state index contributed by atoms with van der Waals surface area (Å²) in [7, 11) is 0. The number of alkyl halides is 1. The molecule has 0 N–H and O–H groups in total. The van der Waals surface area contributed by atoms with Crippen LogP contribution in [0.4, 0.5) is 5.69 Å². The number of hydrogen-bond donors (Lipinski definition) is 0. The number of halogens is 3. The molecule has 0 saturated carbocycles. The number of aryl methyl sites for hydroxylation is 2. The Bertz CT molecular complexity index is 678. The van der Waals surface area contributed by atoms with Crippen molar-refractivity contribution in [1.29, 1.82) is 0 Å². The van der Waals surface area contributed by atoms with Gasteiger partial charge in [-0.3, -0.25) is 9.69 Å². The molecule has 0 aliphatic rings. The lowest BCUT2D eigenvalue weighted by molar-refractivity contribution is -0.116. The summed E-state index contributed by atoms with van der Waals surface area (Å²) in [5, 5.41) is 0.510. The predicted molar refractivity (Wildman–Crippen MR) is 95.7 cm³/mol. The second kappa shape index (κ2) is 8.04. The van der Waals surface area contributed by atoms with Crippen molar-refractivity contribution in [3.8, 4) is 0 Å². The van der Waals surface area contributed by atoms with Gasteiger partial charge in [-0.25, -0.2) is 4.98 Å². The molecule has 0 aliphatic carbocycles. The van der Waals surface area contributed by atoms with Gasteiger partial charge in [-0.1, -0.05) is 55.2 Å². The molecule has 0 spiro atoms. The van der Waals surface area contributed by atoms with Crippen molar-refractivity contribution < 1.29 is 4.79 Å². The minimum Gasteiger partial charge on any atom is -0.301 e. The van der Waals surface area contributed by atoms with Crippen LogP contribution in [0.5, 0.6) is 0 Å². The van der Waals surface area contributed by atoms with E-state index in [1.165, 1.54) is 6.33 Å². The van der Waals surface area contributed by atoms with Crippen LogP contribution in [-0.2, 0) is 24.3 Å². The van der Waals surface area contributed by atoms with E-state index in [9.17, 15) is 4.79 Å². The molecule has 124 valence electrons. The monoisotopic (exact) mass is 373 g/mol. The fourth-order valence-electron chi connectivity index (χ4n) is 2.50. The van der Waals surface area contributed by atoms with E-state index < -0.39 is 0 Å². The summed E-state index contributed by atoms with van der Waals surface area (Å²) in [6.45, 7) is 4.33. The first-order valence-electron chi connectivity index (χ1n) is 7.36. The number of nitrogens with zero attached hydrogens (tertiary/aromatic N) is 3. The number of aromatic nitrogens is 2. The molecule has 0 saturated heterocycles. The zero-order valence-electron chi connectivity index (χ0n) is 13.0. The average Bonchev–Trinajstić information content (AvgIpc) is 2.90. The summed E-state index contributed by atoms with van der Waals surface area (Å²) in [6, 6.07) is 6.04. The minimum atomic E-state index is -0.192. The third-order valence-electron chi connectivity index (χ3n) is 3.68. The third-order valence-corrected chi connectivity index (χ3v) is 4.67. The lowest BCUT2D eigenvalue weighted by Gasteiger charge is -2.27. The van der Waals surface area contributed by atoms with Gasteiger partial charge in [0.15, 0.2) is 5.15 Å². The quantitative estimate of drug-likeness (QED) is 0.696. The predicted octanol–water partition coefficient (Wildman–Crippen LogP) is 4.54. The Morgan fingerprint density at radius 2 is 1.83 bits per heavy atom. The van der Waals surface area contributed by atoms with Gasteiger partial charge in [-0.2, -0.15) is 0 Å². The smallest absolute Gasteiger partial charge is 0.243 e. The zero-order chi connectivity index (χ0) is 17.0. The number of anilines is 1. The molecule has 1 aromatic heterocycles. The molecule has 0 unspecified atom stereocenters. The van der Waals surface area contributed by atoms with Gasteiger partial charge in [-0.05, 0) is 24.0 Å². The second-order valence-corrected chi connectivity index (χ2v) is 6.01. The maximum absolute atomic E-state index is 12.5. The highest BCUT2D eigenvalue weighted by atomic mass is 35.5. The Hall–Kier alpha value is -1.23. The molecule has 0 aliphatic heterocycles. The van der Waals surface area contributed by atoms with Crippen LogP contribution in [0.15, 0.2) is 24.5 Å². The zero-order valence-corrected chi connectivity index (χ0v) is 15.3. The van der Waals surface area contributed by atoms with Crippen molar-refractivity contribution in [2.45, 2.75) is 33.4 Å². The van der Waals surface area contributed by atoms with Crippen LogP contribution in [-0.4, -0.2) is 21.3 Å². The number of carbonyl (C=O) groups is 1. The molecular formula is C16H18Cl3N3O. The van der Waals surface area contributed by atoms with Crippen LogP contribution in [0.25, 0.3) is 0 Å². The minimum absolute atomic E-state index is 0.110. The van der Waals surface area contributed by atoms with E-state index in [-0.39, 0.29) is 23.6 Å². The van der Waals surface area contributed by atoms with Gasteiger partial charge in [-0.15, -0.1) is 11.6 Å². The number of benzene rings is 1. The van der Waals surface area contributed by atoms with Crippen LogP contribution in [0.3, 0.4) is 0 Å². The number of rotatable bonds is 6. The normalized spacial score (nSPS) is 10.8. The van der Waals surface area contributed by atoms with Crippen LogP contribution in [0.2, 0.25) is 10.3 Å². The van der Waals surface area contributed by atoms with Crippen LogP contribution in [0, 0.1) is 0 Å². The van der Waals surface area contributed by atoms with Gasteiger partial charge in [0.2, 0.25) is 5.91 Å². The maximum Gasteiger partial charge on any atom is 0.243 e. The molecule has 1 heterocycles. The summed E-state index contributed by atoms with van der Waals surface area (Å²) in [5.74, 6) is -0.301. The van der Waals surface area contributed by atoms with E-state index in [1.807, 2.05) is 18.2 Å². The van der Waals surface area contributed by atoms with E-state index >= 15 is 0 Å². The Morgan fingerprint density at radius 3 is 2.26 bits per heavy atom. The van der Waals surface area contributed by atoms with Crippen LogP contribution in [0.1, 0.15) is 25.0 Å². The van der Waals surface area contributed by atoms with Gasteiger partial charge in [0, 0.05) is 0 Å². The molecule has 4 nitrogen and oxygen atoms in total. The van der Waals surface area contributed by atoms with Gasteiger partial charge in [0.1, 0.15) is 17.7 Å². The molecule has 23 heavy (non-hydrogen) atoms. The lowest BCUT2D eigenvalue weighted by atomic mass is 10.0. The standard InChI is InChI=1S/C16H18Cl3N3O/c1-3-11-6-5-7-12(4-2)14(11)22(13(23)8-17)10-21-9-20-15(18)16(21)19/h5-7,9H,3-4,8,10H2,1-2H3. The molecule has 0 fully saturated rings. The van der Waals surface area contributed by atoms with Crippen molar-refractivity contribution in [2.75, 3.05) is 10.8 Å². The summed E-state index contributed by atoms with van der Waals surface area (Å²) in [6.07, 6.45) is 3.14. The van der Waals surface area contributed by atoms with E-state index in [2.05, 4.69) is 18.8 Å². The van der Waals surface area contributed by atoms with Crippen molar-refractivity contribution >= 4 is 46.4 Å². The number of hydrogen-bond acceptors (Lipinski definition) is 2. The fourth-order valence-corrected chi connectivity index (χ4v) is 2.94. The molecule has 0 radical (unpaired) electrons. The highest BCUT2D eigenvalue weighted by molar-refractivity contribution is 6.40. The van der Waals surface area contributed by atoms with Gasteiger partial charge in [0.25, 0.3) is 0 Å². The van der Waals surface area contributed by atoms with Crippen molar-refractivity contribution in [3.63, 3.8) is 0 Å². The highest BCUT2D eigenvalue weighted by Gasteiger charge is 2.22. The highest BCUT2D eigenvalue weighted by Crippen LogP contribution is 2.29. The molecule has 0 bridgehead atoms. The van der Waals surface area contributed by atoms with Gasteiger partial charge >= 0.3 is 0 Å². The largest absolute Gasteiger partial charge is 0.301 e. The SMILES string of the molecule is CCc1cccc(CC)c1N(Cn1cnc(Cl)c1Cl)C(=O)CCl. The molecule has 2 rings (SSSR count). The van der Waals surface area contributed by atoms with E-state index in [0.717, 1.165) is 29.7 Å². The Labute approximate surface area is 151 Å². The molecule has 1 aromatic carbocycles. The van der Waals surface area contributed by atoms with Gasteiger partial charge < -0.3 is 4.57 Å². The van der Waals surface area contributed by atoms with E-state index in [1.54, 1.807) is 9.47 Å². The first-order valence-corrected chi connectivity index (χ1v) is 8.65. The number of imidazole rings is 1. The Balaban J connectivity index is 2.52. The first-order chi connectivity index (χ1) is 11.0. The number of carbonyl (C=O) groups excluding carboxylic acids is 1. The van der Waals surface area contributed by atoms with E-state index in [0.29, 0.717) is 5.15 Å². The maximum atomic E-state index is 12.5. The third kappa shape index (κ3) is 3.82. The summed E-state index contributed by atoms with van der Waals surface area (Å²) < 4.78 is 1.63. The molecule has 2 aromatic rings. The van der Waals surface area contributed by atoms with Crippen LogP contribution < -0.4 is 4.90 Å². The summed E-state index contributed by atoms with van der Waals surface area (Å²) in [4.78, 5) is 18.1. The van der Waals surface area contributed by atoms with Crippen LogP contribution >= 0.6 is 34.8 Å². The second-order valence-electron chi connectivity index (χ2n) is 5.02. The number of para-hydroxylation sites is 1. The Kier molecular flexibility index (Phi) is 6.33. The van der Waals surface area contributed by atoms with Crippen molar-refractivity contribution in [2.24, 2.45) is 0 Å². The topological polar surface area (TPSA) is 38.1 Å². The first kappa shape index (κ1) is 18.1.